The summed E-state index contributed by atoms with van der Waals surface area (Å²) in [7, 11) is 0. The van der Waals surface area contributed by atoms with E-state index < -0.39 is 23.9 Å². The highest BCUT2D eigenvalue weighted by Crippen LogP contribution is 2.33. The Balaban J connectivity index is 0.000000640. The van der Waals surface area contributed by atoms with Crippen molar-refractivity contribution in [2.75, 3.05) is 5.32 Å². The van der Waals surface area contributed by atoms with E-state index in [0.717, 1.165) is 0 Å². The molecule has 0 unspecified atom stereocenters. The second kappa shape index (κ2) is 8.51. The first-order valence-corrected chi connectivity index (χ1v) is 7.66. The first-order chi connectivity index (χ1) is 10.6. The molecule has 0 aliphatic rings. The van der Waals surface area contributed by atoms with Crippen molar-refractivity contribution in [1.29, 1.82) is 0 Å². The van der Waals surface area contributed by atoms with Crippen molar-refractivity contribution in [1.82, 2.24) is 0 Å². The number of para-hydroxylation sites is 1. The summed E-state index contributed by atoms with van der Waals surface area (Å²) in [6, 6.07) is 8.42. The second-order valence-corrected chi connectivity index (χ2v) is 7.36. The predicted octanol–water partition coefficient (Wildman–Crippen LogP) is 5.40. The number of hydrogen-bond acceptors (Lipinski definition) is 2. The number of rotatable bonds is 3. The number of hydrogen-bond donors (Lipinski definition) is 1. The quantitative estimate of drug-likeness (QED) is 0.729. The van der Waals surface area contributed by atoms with Crippen LogP contribution in [0.4, 0.5) is 18.9 Å². The van der Waals surface area contributed by atoms with Crippen LogP contribution < -0.4 is 5.32 Å². The van der Waals surface area contributed by atoms with Gasteiger partial charge in [-0.2, -0.15) is 13.2 Å². The lowest BCUT2D eigenvalue weighted by Crippen LogP contribution is -2.35. The van der Waals surface area contributed by atoms with Gasteiger partial charge in [0.2, 0.25) is 11.1 Å². The summed E-state index contributed by atoms with van der Waals surface area (Å²) >= 11 is 5.11. The van der Waals surface area contributed by atoms with Gasteiger partial charge in [-0.3, -0.25) is 9.59 Å². The van der Waals surface area contributed by atoms with Crippen LogP contribution in [0.15, 0.2) is 30.3 Å². The number of carbonyl (C=O) groups is 2. The fraction of sp³-hybridized carbons (Fsp3) is 0.529. The number of benzene rings is 1. The molecule has 0 radical (unpaired) electrons. The zero-order chi connectivity index (χ0) is 19.2. The van der Waals surface area contributed by atoms with Gasteiger partial charge in [-0.25, -0.2) is 0 Å². The lowest BCUT2D eigenvalue weighted by molar-refractivity contribution is -0.162. The van der Waals surface area contributed by atoms with Gasteiger partial charge in [-0.15, -0.1) is 0 Å². The van der Waals surface area contributed by atoms with Gasteiger partial charge in [-0.1, -0.05) is 52.8 Å². The zero-order valence-corrected chi connectivity index (χ0v) is 15.2. The maximum absolute atomic E-state index is 12.3. The van der Waals surface area contributed by atoms with Crippen LogP contribution in [-0.4, -0.2) is 17.3 Å². The largest absolute Gasteiger partial charge is 0.390 e. The molecule has 1 amide bonds. The molecule has 0 bridgehead atoms. The Morgan fingerprint density at radius 2 is 1.42 bits per heavy atom. The van der Waals surface area contributed by atoms with E-state index in [2.05, 4.69) is 5.32 Å². The van der Waals surface area contributed by atoms with Crippen LogP contribution in [0.25, 0.3) is 0 Å². The Hall–Kier alpha value is -1.56. The van der Waals surface area contributed by atoms with Gasteiger partial charge in [0.25, 0.3) is 0 Å². The first-order valence-electron chi connectivity index (χ1n) is 7.28. The smallest absolute Gasteiger partial charge is 0.326 e. The summed E-state index contributed by atoms with van der Waals surface area (Å²) in [5.74, 6) is -0.638. The van der Waals surface area contributed by atoms with Crippen LogP contribution in [0.3, 0.4) is 0 Å². The lowest BCUT2D eigenvalue weighted by Gasteiger charge is -2.24. The number of nitrogens with one attached hydrogen (secondary N) is 1. The first kappa shape index (κ1) is 22.4. The van der Waals surface area contributed by atoms with E-state index in [-0.39, 0.29) is 10.7 Å². The van der Waals surface area contributed by atoms with Crippen molar-refractivity contribution >= 4 is 28.4 Å². The van der Waals surface area contributed by atoms with Crippen LogP contribution in [0.2, 0.25) is 0 Å². The molecule has 0 aliphatic carbocycles. The van der Waals surface area contributed by atoms with E-state index in [1.165, 1.54) is 13.8 Å². The minimum absolute atomic E-state index is 0.285. The summed E-state index contributed by atoms with van der Waals surface area (Å²) < 4.78 is 36.8. The number of anilines is 1. The average Bonchev–Trinajstić information content (AvgIpc) is 2.36. The predicted molar refractivity (Wildman–Crippen MR) is 89.8 cm³/mol. The molecule has 0 saturated heterocycles. The molecule has 0 fully saturated rings. The van der Waals surface area contributed by atoms with Crippen molar-refractivity contribution in [3.63, 3.8) is 0 Å². The molecular formula is C17H23ClF3NO2. The highest BCUT2D eigenvalue weighted by molar-refractivity contribution is 6.64. The van der Waals surface area contributed by atoms with E-state index >= 15 is 0 Å². The summed E-state index contributed by atoms with van der Waals surface area (Å²) in [6.45, 7) is 7.89. The molecule has 7 heteroatoms. The Bertz CT molecular complexity index is 549. The van der Waals surface area contributed by atoms with Gasteiger partial charge in [0, 0.05) is 11.1 Å². The molecule has 24 heavy (non-hydrogen) atoms. The maximum Gasteiger partial charge on any atom is 0.390 e. The minimum atomic E-state index is -4.35. The van der Waals surface area contributed by atoms with Crippen LogP contribution in [0.1, 0.15) is 41.0 Å². The Morgan fingerprint density at radius 1 is 1.00 bits per heavy atom. The minimum Gasteiger partial charge on any atom is -0.326 e. The molecule has 3 nitrogen and oxygen atoms in total. The molecule has 0 saturated carbocycles. The molecular weight excluding hydrogens is 343 g/mol. The van der Waals surface area contributed by atoms with Gasteiger partial charge in [0.1, 0.15) is 0 Å². The molecule has 136 valence electrons. The SMILES string of the molecule is CC(C)(C)C(=O)Cl.CC(C)(CC(F)(F)F)C(=O)Nc1ccccc1. The van der Waals surface area contributed by atoms with Gasteiger partial charge in [-0.05, 0) is 23.7 Å². The van der Waals surface area contributed by atoms with Crippen molar-refractivity contribution in [3.8, 4) is 0 Å². The molecule has 1 aromatic carbocycles. The maximum atomic E-state index is 12.3. The Kier molecular flexibility index (Phi) is 7.96. The number of alkyl halides is 3. The molecule has 1 aromatic rings. The number of carbonyl (C=O) groups excluding carboxylic acids is 2. The summed E-state index contributed by atoms with van der Waals surface area (Å²) in [4.78, 5) is 21.9. The van der Waals surface area contributed by atoms with Crippen molar-refractivity contribution in [2.45, 2.75) is 47.2 Å². The van der Waals surface area contributed by atoms with Crippen LogP contribution >= 0.6 is 11.6 Å². The van der Waals surface area contributed by atoms with E-state index in [0.29, 0.717) is 5.69 Å². The van der Waals surface area contributed by atoms with Gasteiger partial charge < -0.3 is 5.32 Å². The highest BCUT2D eigenvalue weighted by atomic mass is 35.5. The monoisotopic (exact) mass is 365 g/mol. The molecule has 0 atom stereocenters. The van der Waals surface area contributed by atoms with E-state index in [1.54, 1.807) is 51.1 Å². The average molecular weight is 366 g/mol. The zero-order valence-electron chi connectivity index (χ0n) is 14.4. The summed E-state index contributed by atoms with van der Waals surface area (Å²) in [6.07, 6.45) is -5.49. The normalized spacial score (nSPS) is 12.0. The van der Waals surface area contributed by atoms with Crippen molar-refractivity contribution in [3.05, 3.63) is 30.3 Å². The molecule has 0 heterocycles. The fourth-order valence-corrected chi connectivity index (χ4v) is 1.40. The third-order valence-corrected chi connectivity index (χ3v) is 3.45. The van der Waals surface area contributed by atoms with Crippen molar-refractivity contribution < 1.29 is 22.8 Å². The van der Waals surface area contributed by atoms with E-state index in [9.17, 15) is 22.8 Å². The van der Waals surface area contributed by atoms with Crippen LogP contribution in [0.5, 0.6) is 0 Å². The third-order valence-electron chi connectivity index (χ3n) is 2.88. The highest BCUT2D eigenvalue weighted by Gasteiger charge is 2.40. The van der Waals surface area contributed by atoms with E-state index in [1.807, 2.05) is 0 Å². The third kappa shape index (κ3) is 9.55. The van der Waals surface area contributed by atoms with Crippen LogP contribution in [0, 0.1) is 10.8 Å². The molecule has 0 aliphatic heterocycles. The van der Waals surface area contributed by atoms with Crippen molar-refractivity contribution in [2.24, 2.45) is 10.8 Å². The second-order valence-electron chi connectivity index (χ2n) is 7.02. The number of amides is 1. The number of halogens is 4. The van der Waals surface area contributed by atoms with E-state index in [4.69, 9.17) is 11.6 Å². The summed E-state index contributed by atoms with van der Waals surface area (Å²) in [5.41, 5.74) is -1.36. The van der Waals surface area contributed by atoms with Gasteiger partial charge in [0.15, 0.2) is 0 Å². The summed E-state index contributed by atoms with van der Waals surface area (Å²) in [5, 5.41) is 2.18. The standard InChI is InChI=1S/C12H14F3NO.C5H9ClO/c1-11(2,8-12(13,14)15)10(17)16-9-6-4-3-5-7-9;1-5(2,3)4(6)7/h3-7H,8H2,1-2H3,(H,16,17);1-3H3. The topological polar surface area (TPSA) is 46.2 Å². The van der Waals surface area contributed by atoms with Crippen LogP contribution in [-0.2, 0) is 9.59 Å². The van der Waals surface area contributed by atoms with Gasteiger partial charge >= 0.3 is 6.18 Å². The molecule has 0 aromatic heterocycles. The molecule has 1 N–H and O–H groups in total. The lowest BCUT2D eigenvalue weighted by atomic mass is 9.88. The molecule has 1 rings (SSSR count). The Morgan fingerprint density at radius 3 is 1.75 bits per heavy atom. The fourth-order valence-electron chi connectivity index (χ4n) is 1.40. The Labute approximate surface area is 145 Å². The van der Waals surface area contributed by atoms with Gasteiger partial charge in [0.05, 0.1) is 11.8 Å². The molecule has 0 spiro atoms.